The Morgan fingerprint density at radius 3 is 2.56 bits per heavy atom. The molecule has 0 unspecified atom stereocenters. The van der Waals surface area contributed by atoms with E-state index in [0.29, 0.717) is 16.6 Å². The normalized spacial score (nSPS) is 11.0. The molecule has 0 aliphatic carbocycles. The molecular weight excluding hydrogens is 485 g/mol. The number of carbonyl (C=O) groups is 1. The number of aromatic nitrogens is 7. The molecule has 0 aliphatic heterocycles. The average molecular weight is 497 g/mol. The summed E-state index contributed by atoms with van der Waals surface area (Å²) in [4.78, 5) is 26.0. The van der Waals surface area contributed by atoms with Crippen molar-refractivity contribution in [2.24, 2.45) is 0 Å². The van der Waals surface area contributed by atoms with Crippen LogP contribution in [-0.2, 0) is 13.2 Å². The Morgan fingerprint density at radius 1 is 1.03 bits per heavy atom. The van der Waals surface area contributed by atoms with Gasteiger partial charge in [-0.25, -0.2) is 4.68 Å². The van der Waals surface area contributed by atoms with Crippen molar-refractivity contribution in [2.45, 2.75) is 13.2 Å². The molecule has 3 aromatic heterocycles. The SMILES string of the molecule is O=C(Nc1nn(Cc2ccc(Cl)c(Cl)c2)cc1Cl)c1ccn(Cn2cnc([N+](=O)[O-])n2)n1. The number of nitrogens with zero attached hydrogens (tertiary/aromatic N) is 8. The number of nitro groups is 1. The monoisotopic (exact) mass is 495 g/mol. The zero-order chi connectivity index (χ0) is 22.8. The fourth-order valence-electron chi connectivity index (χ4n) is 2.71. The Labute approximate surface area is 194 Å². The van der Waals surface area contributed by atoms with Crippen LogP contribution in [0.25, 0.3) is 0 Å². The lowest BCUT2D eigenvalue weighted by molar-refractivity contribution is -0.394. The summed E-state index contributed by atoms with van der Waals surface area (Å²) < 4.78 is 4.14. The number of nitrogens with one attached hydrogen (secondary N) is 1. The smallest absolute Gasteiger partial charge is 0.390 e. The van der Waals surface area contributed by atoms with Gasteiger partial charge in [-0.15, -0.1) is 0 Å². The third-order valence-electron chi connectivity index (χ3n) is 4.13. The minimum Gasteiger partial charge on any atom is -0.390 e. The van der Waals surface area contributed by atoms with Crippen molar-refractivity contribution in [3.63, 3.8) is 0 Å². The highest BCUT2D eigenvalue weighted by molar-refractivity contribution is 6.42. The molecular formula is C17H12Cl3N9O3. The number of carbonyl (C=O) groups excluding carboxylic acids is 1. The molecule has 0 saturated carbocycles. The standard InChI is InChI=1S/C17H12Cl3N9O3/c18-11-2-1-10(5-12(11)19)6-27-7-13(20)15(24-27)22-16(30)14-3-4-26(23-14)9-28-8-21-17(25-28)29(31)32/h1-5,7-8H,6,9H2,(H,22,24,30). The number of benzene rings is 1. The van der Waals surface area contributed by atoms with E-state index in [1.807, 2.05) is 0 Å². The number of hydrogen-bond donors (Lipinski definition) is 1. The van der Waals surface area contributed by atoms with Crippen LogP contribution in [0.4, 0.5) is 11.8 Å². The highest BCUT2D eigenvalue weighted by atomic mass is 35.5. The Bertz CT molecular complexity index is 1310. The van der Waals surface area contributed by atoms with Gasteiger partial charge >= 0.3 is 5.95 Å². The zero-order valence-corrected chi connectivity index (χ0v) is 18.2. The second-order valence-electron chi connectivity index (χ2n) is 6.45. The minimum atomic E-state index is -0.705. The summed E-state index contributed by atoms with van der Waals surface area (Å²) in [5.74, 6) is -0.894. The van der Waals surface area contributed by atoms with E-state index in [9.17, 15) is 14.9 Å². The van der Waals surface area contributed by atoms with Crippen molar-refractivity contribution in [3.8, 4) is 0 Å². The number of rotatable bonds is 7. The van der Waals surface area contributed by atoms with Crippen LogP contribution in [0.3, 0.4) is 0 Å². The fourth-order valence-corrected chi connectivity index (χ4v) is 3.22. The molecule has 12 nitrogen and oxygen atoms in total. The fraction of sp³-hybridized carbons (Fsp3) is 0.118. The first-order chi connectivity index (χ1) is 15.3. The molecule has 3 heterocycles. The van der Waals surface area contributed by atoms with Gasteiger partial charge in [0.25, 0.3) is 5.91 Å². The van der Waals surface area contributed by atoms with Gasteiger partial charge in [0.2, 0.25) is 6.33 Å². The van der Waals surface area contributed by atoms with E-state index in [-0.39, 0.29) is 23.2 Å². The van der Waals surface area contributed by atoms with Crippen molar-refractivity contribution in [2.75, 3.05) is 5.32 Å². The average Bonchev–Trinajstić information content (AvgIpc) is 3.46. The minimum absolute atomic E-state index is 0.0349. The largest absolute Gasteiger partial charge is 0.491 e. The first-order valence-corrected chi connectivity index (χ1v) is 9.97. The maximum atomic E-state index is 12.5. The highest BCUT2D eigenvalue weighted by Gasteiger charge is 2.17. The van der Waals surface area contributed by atoms with Gasteiger partial charge in [-0.3, -0.25) is 9.48 Å². The lowest BCUT2D eigenvalue weighted by Gasteiger charge is -2.04. The lowest BCUT2D eigenvalue weighted by atomic mass is 10.2. The second-order valence-corrected chi connectivity index (χ2v) is 7.67. The summed E-state index contributed by atoms with van der Waals surface area (Å²) in [5, 5.41) is 26.4. The van der Waals surface area contributed by atoms with Crippen LogP contribution >= 0.6 is 34.8 Å². The molecule has 0 aliphatic rings. The Kier molecular flexibility index (Phi) is 6.08. The third kappa shape index (κ3) is 4.88. The van der Waals surface area contributed by atoms with E-state index in [2.05, 4.69) is 25.6 Å². The maximum absolute atomic E-state index is 12.5. The molecule has 1 aromatic carbocycles. The van der Waals surface area contributed by atoms with Crippen LogP contribution < -0.4 is 5.32 Å². The quantitative estimate of drug-likeness (QED) is 0.306. The van der Waals surface area contributed by atoms with Crippen LogP contribution in [0.2, 0.25) is 15.1 Å². The van der Waals surface area contributed by atoms with Crippen molar-refractivity contribution >= 4 is 52.5 Å². The summed E-state index contributed by atoms with van der Waals surface area (Å²) in [6.45, 7) is 0.401. The van der Waals surface area contributed by atoms with Gasteiger partial charge in [0.15, 0.2) is 18.2 Å². The summed E-state index contributed by atoms with van der Waals surface area (Å²) in [6, 6.07) is 6.68. The molecule has 1 N–H and O–H groups in total. The molecule has 32 heavy (non-hydrogen) atoms. The van der Waals surface area contributed by atoms with E-state index < -0.39 is 16.8 Å². The number of halogens is 3. The van der Waals surface area contributed by atoms with E-state index in [1.54, 1.807) is 29.1 Å². The molecule has 164 valence electrons. The Morgan fingerprint density at radius 2 is 1.84 bits per heavy atom. The Balaban J connectivity index is 1.41. The molecule has 0 atom stereocenters. The first kappa shape index (κ1) is 21.7. The first-order valence-electron chi connectivity index (χ1n) is 8.84. The molecule has 4 aromatic rings. The predicted octanol–water partition coefficient (Wildman–Crippen LogP) is 3.35. The van der Waals surface area contributed by atoms with Gasteiger partial charge in [0.05, 0.1) is 16.6 Å². The molecule has 15 heteroatoms. The number of amides is 1. The van der Waals surface area contributed by atoms with Crippen LogP contribution in [0.5, 0.6) is 0 Å². The Hall–Kier alpha value is -3.48. The number of hydrogen-bond acceptors (Lipinski definition) is 7. The van der Waals surface area contributed by atoms with Crippen molar-refractivity contribution in [1.82, 2.24) is 34.3 Å². The second kappa shape index (κ2) is 8.94. The highest BCUT2D eigenvalue weighted by Crippen LogP contribution is 2.24. The maximum Gasteiger partial charge on any atom is 0.491 e. The molecule has 1 amide bonds. The van der Waals surface area contributed by atoms with Gasteiger partial charge in [0.1, 0.15) is 5.02 Å². The molecule has 0 bridgehead atoms. The van der Waals surface area contributed by atoms with Crippen LogP contribution in [-0.4, -0.2) is 45.2 Å². The predicted molar refractivity (Wildman–Crippen MR) is 115 cm³/mol. The van der Waals surface area contributed by atoms with Crippen molar-refractivity contribution < 1.29 is 9.72 Å². The van der Waals surface area contributed by atoms with Crippen LogP contribution in [0, 0.1) is 10.1 Å². The van der Waals surface area contributed by atoms with E-state index >= 15 is 0 Å². The third-order valence-corrected chi connectivity index (χ3v) is 5.14. The van der Waals surface area contributed by atoms with E-state index in [4.69, 9.17) is 34.8 Å². The molecule has 4 rings (SSSR count). The lowest BCUT2D eigenvalue weighted by Crippen LogP contribution is -2.15. The van der Waals surface area contributed by atoms with Crippen LogP contribution in [0.15, 0.2) is 43.0 Å². The summed E-state index contributed by atoms with van der Waals surface area (Å²) in [5.41, 5.74) is 0.943. The van der Waals surface area contributed by atoms with Gasteiger partial charge in [0, 0.05) is 17.5 Å². The van der Waals surface area contributed by atoms with Gasteiger partial charge in [-0.1, -0.05) is 45.9 Å². The van der Waals surface area contributed by atoms with Gasteiger partial charge in [-0.2, -0.15) is 14.9 Å². The molecule has 0 fully saturated rings. The van der Waals surface area contributed by atoms with Gasteiger partial charge < -0.3 is 15.4 Å². The zero-order valence-electron chi connectivity index (χ0n) is 15.9. The van der Waals surface area contributed by atoms with E-state index in [0.717, 1.165) is 5.56 Å². The van der Waals surface area contributed by atoms with Gasteiger partial charge in [-0.05, 0) is 28.7 Å². The molecule has 0 saturated heterocycles. The molecule has 0 spiro atoms. The summed E-state index contributed by atoms with van der Waals surface area (Å²) >= 11 is 18.1. The number of anilines is 1. The summed E-state index contributed by atoms with van der Waals surface area (Å²) in [6.07, 6.45) is 4.28. The van der Waals surface area contributed by atoms with Crippen LogP contribution in [0.1, 0.15) is 16.1 Å². The van der Waals surface area contributed by atoms with E-state index in [1.165, 1.54) is 28.0 Å². The summed E-state index contributed by atoms with van der Waals surface area (Å²) in [7, 11) is 0. The van der Waals surface area contributed by atoms with Crippen molar-refractivity contribution in [3.05, 3.63) is 79.4 Å². The molecule has 0 radical (unpaired) electrons. The topological polar surface area (TPSA) is 139 Å². The van der Waals surface area contributed by atoms with Crippen molar-refractivity contribution in [1.29, 1.82) is 0 Å².